The molecule has 26 heavy (non-hydrogen) atoms. The molecule has 0 bridgehead atoms. The Morgan fingerprint density at radius 2 is 2.08 bits per heavy atom. The Hall–Kier alpha value is -2.34. The second-order valence-corrected chi connectivity index (χ2v) is 7.11. The molecule has 5 nitrogen and oxygen atoms in total. The highest BCUT2D eigenvalue weighted by Gasteiger charge is 2.20. The number of methoxy groups -OCH3 is 2. The molecule has 1 aliphatic carbocycles. The van der Waals surface area contributed by atoms with Crippen molar-refractivity contribution < 1.29 is 19.0 Å². The van der Waals surface area contributed by atoms with Gasteiger partial charge in [-0.05, 0) is 48.4 Å². The van der Waals surface area contributed by atoms with Crippen LogP contribution < -0.4 is 9.47 Å². The zero-order valence-electron chi connectivity index (χ0n) is 15.1. The number of thiazole rings is 1. The maximum atomic E-state index is 11.4. The molecule has 138 valence electrons. The molecule has 1 heterocycles. The average molecular weight is 373 g/mol. The van der Waals surface area contributed by atoms with Gasteiger partial charge in [-0.25, -0.2) is 4.98 Å². The lowest BCUT2D eigenvalue weighted by Crippen LogP contribution is -2.12. The van der Waals surface area contributed by atoms with Gasteiger partial charge < -0.3 is 14.2 Å². The molecule has 0 saturated heterocycles. The predicted octanol–water partition coefficient (Wildman–Crippen LogP) is 4.48. The van der Waals surface area contributed by atoms with Crippen LogP contribution in [0.2, 0.25) is 0 Å². The van der Waals surface area contributed by atoms with Gasteiger partial charge in [0.25, 0.3) is 5.19 Å². The van der Waals surface area contributed by atoms with E-state index < -0.39 is 0 Å². The molecule has 1 unspecified atom stereocenters. The van der Waals surface area contributed by atoms with Crippen LogP contribution in [-0.4, -0.2) is 25.2 Å². The van der Waals surface area contributed by atoms with Gasteiger partial charge in [-0.1, -0.05) is 29.5 Å². The normalized spacial score (nSPS) is 16.7. The van der Waals surface area contributed by atoms with Crippen LogP contribution in [0.4, 0.5) is 0 Å². The third kappa shape index (κ3) is 4.85. The molecule has 2 aromatic rings. The van der Waals surface area contributed by atoms with E-state index in [-0.39, 0.29) is 5.97 Å². The van der Waals surface area contributed by atoms with E-state index in [1.807, 2.05) is 29.6 Å². The van der Waals surface area contributed by atoms with E-state index in [2.05, 4.69) is 11.1 Å². The fraction of sp³-hybridized carbons (Fsp3) is 0.400. The van der Waals surface area contributed by atoms with Crippen LogP contribution in [0.1, 0.15) is 36.9 Å². The maximum absolute atomic E-state index is 11.4. The molecule has 3 rings (SSSR count). The first-order valence-electron chi connectivity index (χ1n) is 8.65. The zero-order valence-corrected chi connectivity index (χ0v) is 15.9. The Morgan fingerprint density at radius 1 is 1.27 bits per heavy atom. The third-order valence-corrected chi connectivity index (χ3v) is 5.29. The number of rotatable bonds is 7. The van der Waals surface area contributed by atoms with Gasteiger partial charge in [0, 0.05) is 11.8 Å². The van der Waals surface area contributed by atoms with Crippen molar-refractivity contribution in [3.8, 4) is 10.9 Å². The first kappa shape index (κ1) is 18.5. The van der Waals surface area contributed by atoms with Crippen LogP contribution in [0, 0.1) is 5.92 Å². The Bertz CT molecular complexity index is 766. The van der Waals surface area contributed by atoms with Crippen molar-refractivity contribution in [1.82, 2.24) is 4.98 Å². The fourth-order valence-corrected chi connectivity index (χ4v) is 3.66. The lowest BCUT2D eigenvalue weighted by atomic mass is 9.86. The summed E-state index contributed by atoms with van der Waals surface area (Å²) in [6.07, 6.45) is 5.50. The van der Waals surface area contributed by atoms with Crippen LogP contribution >= 0.6 is 11.3 Å². The summed E-state index contributed by atoms with van der Waals surface area (Å²) in [5.74, 6) is 1.07. The molecule has 1 aromatic heterocycles. The van der Waals surface area contributed by atoms with E-state index in [4.69, 9.17) is 14.2 Å². The van der Waals surface area contributed by atoms with Gasteiger partial charge >= 0.3 is 5.97 Å². The fourth-order valence-electron chi connectivity index (χ4n) is 2.96. The molecule has 1 aliphatic rings. The summed E-state index contributed by atoms with van der Waals surface area (Å²) in [6.45, 7) is 0.483. The molecule has 1 atom stereocenters. The lowest BCUT2D eigenvalue weighted by Gasteiger charge is -2.19. The molecule has 0 N–H and O–H groups in total. The van der Waals surface area contributed by atoms with Gasteiger partial charge in [0.05, 0.1) is 19.9 Å². The monoisotopic (exact) mass is 373 g/mol. The zero-order chi connectivity index (χ0) is 18.4. The second-order valence-electron chi connectivity index (χ2n) is 6.29. The van der Waals surface area contributed by atoms with E-state index in [1.165, 1.54) is 24.0 Å². The third-order valence-electron chi connectivity index (χ3n) is 4.54. The maximum Gasteiger partial charge on any atom is 0.305 e. The number of benzene rings is 1. The number of ether oxygens (including phenoxy) is 3. The Labute approximate surface area is 157 Å². The number of esters is 1. The SMILES string of the molecule is COC(=O)CC1CC=C(c2csc(OCc3ccc(OC)cc3)n2)CC1. The van der Waals surface area contributed by atoms with Gasteiger partial charge in [0.2, 0.25) is 0 Å². The van der Waals surface area contributed by atoms with Crippen molar-refractivity contribution in [3.63, 3.8) is 0 Å². The molecule has 0 spiro atoms. The Morgan fingerprint density at radius 3 is 2.73 bits per heavy atom. The summed E-state index contributed by atoms with van der Waals surface area (Å²) in [6, 6.07) is 7.81. The standard InChI is InChI=1S/C20H23NO4S/c1-23-17-9-5-15(6-10-17)12-25-20-21-18(13-26-20)16-7-3-14(4-8-16)11-19(22)24-2/h5-7,9-10,13-14H,3-4,8,11-12H2,1-2H3. The van der Waals surface area contributed by atoms with Crippen LogP contribution in [0.3, 0.4) is 0 Å². The Kier molecular flexibility index (Phi) is 6.28. The van der Waals surface area contributed by atoms with Crippen LogP contribution in [-0.2, 0) is 16.1 Å². The van der Waals surface area contributed by atoms with E-state index in [0.29, 0.717) is 24.1 Å². The van der Waals surface area contributed by atoms with Crippen molar-refractivity contribution in [2.75, 3.05) is 14.2 Å². The first-order chi connectivity index (χ1) is 12.7. The average Bonchev–Trinajstić information content (AvgIpc) is 3.16. The number of carbonyl (C=O) groups is 1. The molecule has 1 aromatic carbocycles. The van der Waals surface area contributed by atoms with E-state index in [9.17, 15) is 4.79 Å². The minimum atomic E-state index is -0.130. The summed E-state index contributed by atoms with van der Waals surface area (Å²) < 4.78 is 15.7. The van der Waals surface area contributed by atoms with E-state index >= 15 is 0 Å². The Balaban J connectivity index is 1.53. The van der Waals surface area contributed by atoms with Crippen LogP contribution in [0.15, 0.2) is 35.7 Å². The molecule has 0 amide bonds. The summed E-state index contributed by atoms with van der Waals surface area (Å²) in [5, 5.41) is 2.71. The van der Waals surface area contributed by atoms with Crippen LogP contribution in [0.5, 0.6) is 10.9 Å². The minimum absolute atomic E-state index is 0.130. The van der Waals surface area contributed by atoms with Crippen molar-refractivity contribution >= 4 is 22.9 Å². The van der Waals surface area contributed by atoms with Crippen molar-refractivity contribution in [2.24, 2.45) is 5.92 Å². The van der Waals surface area contributed by atoms with Gasteiger partial charge in [-0.3, -0.25) is 4.79 Å². The number of aromatic nitrogens is 1. The number of hydrogen-bond donors (Lipinski definition) is 0. The molecule has 0 fully saturated rings. The molecule has 0 saturated carbocycles. The van der Waals surface area contributed by atoms with Crippen molar-refractivity contribution in [2.45, 2.75) is 32.3 Å². The molecule has 0 aliphatic heterocycles. The largest absolute Gasteiger partial charge is 0.497 e. The number of hydrogen-bond acceptors (Lipinski definition) is 6. The predicted molar refractivity (Wildman–Crippen MR) is 101 cm³/mol. The van der Waals surface area contributed by atoms with Crippen molar-refractivity contribution in [3.05, 3.63) is 47.0 Å². The molecular weight excluding hydrogens is 350 g/mol. The second kappa shape index (κ2) is 8.85. The summed E-state index contributed by atoms with van der Waals surface area (Å²) >= 11 is 1.51. The van der Waals surface area contributed by atoms with Gasteiger partial charge in [0.1, 0.15) is 12.4 Å². The first-order valence-corrected chi connectivity index (χ1v) is 9.53. The molecular formula is C20H23NO4S. The highest BCUT2D eigenvalue weighted by Crippen LogP contribution is 2.34. The molecule has 6 heteroatoms. The summed E-state index contributed by atoms with van der Waals surface area (Å²) in [4.78, 5) is 16.0. The van der Waals surface area contributed by atoms with E-state index in [1.54, 1.807) is 7.11 Å². The smallest absolute Gasteiger partial charge is 0.305 e. The summed E-state index contributed by atoms with van der Waals surface area (Å²) in [5.41, 5.74) is 3.29. The minimum Gasteiger partial charge on any atom is -0.497 e. The highest BCUT2D eigenvalue weighted by molar-refractivity contribution is 7.11. The quantitative estimate of drug-likeness (QED) is 0.670. The van der Waals surface area contributed by atoms with Gasteiger partial charge in [-0.15, -0.1) is 0 Å². The van der Waals surface area contributed by atoms with Crippen molar-refractivity contribution in [1.29, 1.82) is 0 Å². The summed E-state index contributed by atoms with van der Waals surface area (Å²) in [7, 11) is 3.09. The number of carbonyl (C=O) groups excluding carboxylic acids is 1. The van der Waals surface area contributed by atoms with Gasteiger partial charge in [0.15, 0.2) is 0 Å². The highest BCUT2D eigenvalue weighted by atomic mass is 32.1. The molecule has 0 radical (unpaired) electrons. The topological polar surface area (TPSA) is 57.7 Å². The van der Waals surface area contributed by atoms with Crippen LogP contribution in [0.25, 0.3) is 5.57 Å². The lowest BCUT2D eigenvalue weighted by molar-refractivity contribution is -0.141. The van der Waals surface area contributed by atoms with E-state index in [0.717, 1.165) is 36.3 Å². The number of nitrogens with zero attached hydrogens (tertiary/aromatic N) is 1. The number of allylic oxidation sites excluding steroid dienone is 2. The van der Waals surface area contributed by atoms with Gasteiger partial charge in [-0.2, -0.15) is 0 Å².